The number of hydrogen-bond donors (Lipinski definition) is 0. The molecule has 0 N–H and O–H groups in total. The van der Waals surface area contributed by atoms with E-state index in [1.807, 2.05) is 0 Å². The molecule has 0 unspecified atom stereocenters. The molecule has 0 aromatic carbocycles. The highest BCUT2D eigenvalue weighted by molar-refractivity contribution is 5.75. The Balaban J connectivity index is 2.20. The Morgan fingerprint density at radius 1 is 1.22 bits per heavy atom. The van der Waals surface area contributed by atoms with Gasteiger partial charge in [-0.2, -0.15) is 0 Å². The topological polar surface area (TPSA) is 45.3 Å². The summed E-state index contributed by atoms with van der Waals surface area (Å²) in [6, 6.07) is 0. The van der Waals surface area contributed by atoms with Gasteiger partial charge in [-0.25, -0.2) is 5.32 Å². The van der Waals surface area contributed by atoms with Crippen LogP contribution in [0.2, 0.25) is 0 Å². The smallest absolute Gasteiger partial charge is 0.242 e. The van der Waals surface area contributed by atoms with E-state index >= 15 is 0 Å². The molecule has 9 heavy (non-hydrogen) atoms. The summed E-state index contributed by atoms with van der Waals surface area (Å²) in [5.74, 6) is 0.0125. The Bertz CT molecular complexity index is 93.2. The van der Waals surface area contributed by atoms with Crippen LogP contribution in [0.1, 0.15) is 12.8 Å². The molecule has 1 heterocycles. The van der Waals surface area contributed by atoms with Crippen LogP contribution in [0.4, 0.5) is 0 Å². The summed E-state index contributed by atoms with van der Waals surface area (Å²) in [5.41, 5.74) is 0. The lowest BCUT2D eigenvalue weighted by atomic mass is 10.3. The summed E-state index contributed by atoms with van der Waals surface area (Å²) in [6.07, 6.45) is 1.45. The zero-order chi connectivity index (χ0) is 6.53. The summed E-state index contributed by atoms with van der Waals surface area (Å²) < 4.78 is 0. The highest BCUT2D eigenvalue weighted by Crippen LogP contribution is 1.87. The minimum Gasteiger partial charge on any atom is -0.273 e. The van der Waals surface area contributed by atoms with Gasteiger partial charge in [0, 0.05) is 26.1 Å². The van der Waals surface area contributed by atoms with Gasteiger partial charge in [0.15, 0.2) is 0 Å². The first-order valence-corrected chi connectivity index (χ1v) is 3.23. The number of hydrogen-bond acceptors (Lipinski definition) is 1. The molecule has 0 atom stereocenters. The largest absolute Gasteiger partial charge is 0.273 e. The molecule has 2 radical (unpaired) electrons. The van der Waals surface area contributed by atoms with E-state index in [4.69, 9.17) is 0 Å². The van der Waals surface area contributed by atoms with Crippen LogP contribution < -0.4 is 10.6 Å². The van der Waals surface area contributed by atoms with Gasteiger partial charge in [-0.1, -0.05) is 0 Å². The van der Waals surface area contributed by atoms with E-state index in [0.717, 1.165) is 13.0 Å². The van der Waals surface area contributed by atoms with E-state index < -0.39 is 0 Å². The molecule has 1 aliphatic rings. The van der Waals surface area contributed by atoms with Crippen LogP contribution in [0, 0.1) is 0 Å². The van der Waals surface area contributed by atoms with Gasteiger partial charge in [0.1, 0.15) is 0 Å². The van der Waals surface area contributed by atoms with E-state index in [2.05, 4.69) is 10.6 Å². The molecule has 1 aliphatic heterocycles. The second kappa shape index (κ2) is 3.45. The Labute approximate surface area is 54.8 Å². The number of amides is 1. The van der Waals surface area contributed by atoms with Crippen molar-refractivity contribution < 1.29 is 4.79 Å². The maximum atomic E-state index is 10.6. The third kappa shape index (κ3) is 2.46. The standard InChI is InChI=1S/C6H10N2O/c9-6-2-5-7-3-1-4-8-6/h1-5H2. The second-order valence-corrected chi connectivity index (χ2v) is 2.05. The van der Waals surface area contributed by atoms with Gasteiger partial charge in [-0.3, -0.25) is 10.1 Å². The molecular formula is C6H10N2O. The van der Waals surface area contributed by atoms with Crippen LogP contribution in [0.3, 0.4) is 0 Å². The van der Waals surface area contributed by atoms with Crippen molar-refractivity contribution in [2.75, 3.05) is 19.6 Å². The molecule has 1 amide bonds. The molecule has 50 valence electrons. The van der Waals surface area contributed by atoms with E-state index in [0.29, 0.717) is 19.5 Å². The molecule has 1 rings (SSSR count). The van der Waals surface area contributed by atoms with Crippen LogP contribution in [0.5, 0.6) is 0 Å². The van der Waals surface area contributed by atoms with Gasteiger partial charge in [0.25, 0.3) is 0 Å². The predicted octanol–water partition coefficient (Wildman–Crippen LogP) is -0.484. The normalized spacial score (nSPS) is 22.0. The average molecular weight is 126 g/mol. The minimum atomic E-state index is 0.0125. The maximum Gasteiger partial charge on any atom is 0.242 e. The third-order valence-corrected chi connectivity index (χ3v) is 1.25. The van der Waals surface area contributed by atoms with Crippen LogP contribution in [-0.4, -0.2) is 25.5 Å². The quantitative estimate of drug-likeness (QED) is 0.432. The number of rotatable bonds is 0. The van der Waals surface area contributed by atoms with Gasteiger partial charge >= 0.3 is 0 Å². The summed E-state index contributed by atoms with van der Waals surface area (Å²) in [6.45, 7) is 2.21. The zero-order valence-corrected chi connectivity index (χ0v) is 5.34. The first-order valence-electron chi connectivity index (χ1n) is 3.23. The monoisotopic (exact) mass is 126 g/mol. The number of nitrogens with zero attached hydrogens (tertiary/aromatic N) is 2. The molecule has 0 aromatic rings. The van der Waals surface area contributed by atoms with Crippen molar-refractivity contribution in [2.45, 2.75) is 12.8 Å². The molecular weight excluding hydrogens is 116 g/mol. The average Bonchev–Trinajstić information content (AvgIpc) is 1.79. The van der Waals surface area contributed by atoms with Gasteiger partial charge < -0.3 is 0 Å². The summed E-state index contributed by atoms with van der Waals surface area (Å²) >= 11 is 0. The Morgan fingerprint density at radius 2 is 2.11 bits per heavy atom. The molecule has 0 bridgehead atoms. The van der Waals surface area contributed by atoms with Crippen LogP contribution in [-0.2, 0) is 4.79 Å². The van der Waals surface area contributed by atoms with Crippen molar-refractivity contribution in [3.8, 4) is 0 Å². The molecule has 3 heteroatoms. The molecule has 0 aromatic heterocycles. The zero-order valence-electron chi connectivity index (χ0n) is 5.34. The van der Waals surface area contributed by atoms with Crippen molar-refractivity contribution in [3.05, 3.63) is 0 Å². The second-order valence-electron chi connectivity index (χ2n) is 2.05. The van der Waals surface area contributed by atoms with E-state index in [1.165, 1.54) is 0 Å². The fraction of sp³-hybridized carbons (Fsp3) is 0.833. The lowest BCUT2D eigenvalue weighted by Crippen LogP contribution is -2.26. The summed E-state index contributed by atoms with van der Waals surface area (Å²) in [4.78, 5) is 10.6. The first-order chi connectivity index (χ1) is 4.39. The van der Waals surface area contributed by atoms with Crippen LogP contribution in [0.15, 0.2) is 0 Å². The maximum absolute atomic E-state index is 10.6. The highest BCUT2D eigenvalue weighted by Gasteiger charge is 2.04. The van der Waals surface area contributed by atoms with Crippen molar-refractivity contribution >= 4 is 5.91 Å². The van der Waals surface area contributed by atoms with E-state index in [1.54, 1.807) is 0 Å². The molecule has 1 fully saturated rings. The van der Waals surface area contributed by atoms with Gasteiger partial charge in [0.2, 0.25) is 5.91 Å². The number of carbonyl (C=O) groups is 1. The fourth-order valence-corrected chi connectivity index (χ4v) is 0.752. The molecule has 1 saturated heterocycles. The first kappa shape index (κ1) is 6.55. The fourth-order valence-electron chi connectivity index (χ4n) is 0.752. The highest BCUT2D eigenvalue weighted by atomic mass is 16.1. The molecule has 0 aliphatic carbocycles. The van der Waals surface area contributed by atoms with E-state index in [-0.39, 0.29) is 5.91 Å². The Morgan fingerprint density at radius 3 is 3.00 bits per heavy atom. The van der Waals surface area contributed by atoms with Crippen LogP contribution >= 0.6 is 0 Å². The SMILES string of the molecule is O=C1CC[N]CCC[N]1. The van der Waals surface area contributed by atoms with E-state index in [9.17, 15) is 4.79 Å². The van der Waals surface area contributed by atoms with Crippen molar-refractivity contribution in [3.63, 3.8) is 0 Å². The van der Waals surface area contributed by atoms with Gasteiger partial charge in [-0.05, 0) is 6.42 Å². The van der Waals surface area contributed by atoms with Crippen molar-refractivity contribution in [1.82, 2.24) is 10.6 Å². The minimum absolute atomic E-state index is 0.0125. The Kier molecular flexibility index (Phi) is 2.51. The number of carbonyl (C=O) groups excluding carboxylic acids is 1. The lowest BCUT2D eigenvalue weighted by molar-refractivity contribution is -0.121. The van der Waals surface area contributed by atoms with Gasteiger partial charge in [-0.15, -0.1) is 0 Å². The molecule has 0 saturated carbocycles. The Hall–Kier alpha value is -0.570. The predicted molar refractivity (Wildman–Crippen MR) is 33.1 cm³/mol. The van der Waals surface area contributed by atoms with Crippen molar-refractivity contribution in [2.24, 2.45) is 0 Å². The van der Waals surface area contributed by atoms with Crippen LogP contribution in [0.25, 0.3) is 0 Å². The summed E-state index contributed by atoms with van der Waals surface area (Å²) in [5, 5.41) is 7.89. The summed E-state index contributed by atoms with van der Waals surface area (Å²) in [7, 11) is 0. The van der Waals surface area contributed by atoms with Gasteiger partial charge in [0.05, 0.1) is 0 Å². The third-order valence-electron chi connectivity index (χ3n) is 1.25. The molecule has 3 nitrogen and oxygen atoms in total. The van der Waals surface area contributed by atoms with Crippen molar-refractivity contribution in [1.29, 1.82) is 0 Å². The molecule has 0 spiro atoms. The lowest BCUT2D eigenvalue weighted by Gasteiger charge is -2.06.